The van der Waals surface area contributed by atoms with Crippen LogP contribution in [0.1, 0.15) is 24.1 Å². The Bertz CT molecular complexity index is 554. The lowest BCUT2D eigenvalue weighted by Gasteiger charge is -2.19. The molecule has 0 radical (unpaired) electrons. The van der Waals surface area contributed by atoms with Gasteiger partial charge in [0.25, 0.3) is 0 Å². The van der Waals surface area contributed by atoms with E-state index in [9.17, 15) is 0 Å². The first-order chi connectivity index (χ1) is 8.59. The Morgan fingerprint density at radius 2 is 1.83 bits per heavy atom. The normalized spacial score (nSPS) is 12.2. The molecule has 2 aromatic rings. The summed E-state index contributed by atoms with van der Waals surface area (Å²) in [6, 6.07) is 14.5. The van der Waals surface area contributed by atoms with Gasteiger partial charge in [-0.1, -0.05) is 41.9 Å². The Morgan fingerprint density at radius 1 is 1.11 bits per heavy atom. The monoisotopic (exact) mass is 323 g/mol. The second-order valence-corrected chi connectivity index (χ2v) is 5.52. The van der Waals surface area contributed by atoms with Crippen molar-refractivity contribution in [3.05, 3.63) is 63.1 Å². The van der Waals surface area contributed by atoms with Crippen LogP contribution in [0.25, 0.3) is 0 Å². The van der Waals surface area contributed by atoms with E-state index < -0.39 is 0 Å². The molecule has 0 saturated heterocycles. The minimum Gasteiger partial charge on any atom is -0.378 e. The van der Waals surface area contributed by atoms with Crippen LogP contribution in [-0.4, -0.2) is 0 Å². The molecule has 0 saturated carbocycles. The van der Waals surface area contributed by atoms with Crippen molar-refractivity contribution in [2.24, 2.45) is 0 Å². The largest absolute Gasteiger partial charge is 0.378 e. The lowest BCUT2D eigenvalue weighted by molar-refractivity contribution is 0.873. The standard InChI is InChI=1S/C15H15BrClN/c1-10-6-3-4-7-12(10)11(2)18-14-9-5-8-13(17)15(14)16/h3-9,11,18H,1-2H3. The van der Waals surface area contributed by atoms with E-state index in [1.807, 2.05) is 18.2 Å². The zero-order chi connectivity index (χ0) is 13.1. The van der Waals surface area contributed by atoms with Gasteiger partial charge in [0.2, 0.25) is 0 Å². The highest BCUT2D eigenvalue weighted by Gasteiger charge is 2.10. The number of nitrogens with one attached hydrogen (secondary N) is 1. The summed E-state index contributed by atoms with van der Waals surface area (Å²) in [5.74, 6) is 0. The number of rotatable bonds is 3. The molecule has 3 heteroatoms. The molecule has 0 fully saturated rings. The molecule has 0 aliphatic carbocycles. The third-order valence-corrected chi connectivity index (χ3v) is 4.38. The van der Waals surface area contributed by atoms with E-state index in [0.29, 0.717) is 0 Å². The molecule has 0 heterocycles. The molecule has 1 N–H and O–H groups in total. The number of halogens is 2. The summed E-state index contributed by atoms with van der Waals surface area (Å²) in [4.78, 5) is 0. The van der Waals surface area contributed by atoms with E-state index in [2.05, 4.69) is 59.4 Å². The maximum absolute atomic E-state index is 6.09. The summed E-state index contributed by atoms with van der Waals surface area (Å²) >= 11 is 9.59. The van der Waals surface area contributed by atoms with Crippen LogP contribution >= 0.6 is 27.5 Å². The molecular formula is C15H15BrClN. The summed E-state index contributed by atoms with van der Waals surface area (Å²) < 4.78 is 0.909. The maximum atomic E-state index is 6.09. The molecule has 18 heavy (non-hydrogen) atoms. The van der Waals surface area contributed by atoms with Crippen molar-refractivity contribution >= 4 is 33.2 Å². The van der Waals surface area contributed by atoms with E-state index in [1.165, 1.54) is 11.1 Å². The predicted molar refractivity (Wildman–Crippen MR) is 82.4 cm³/mol. The molecule has 0 aromatic heterocycles. The Hall–Kier alpha value is -0.990. The summed E-state index contributed by atoms with van der Waals surface area (Å²) in [6.45, 7) is 4.27. The fourth-order valence-electron chi connectivity index (χ4n) is 2.00. The fraction of sp³-hybridized carbons (Fsp3) is 0.200. The third kappa shape index (κ3) is 2.88. The number of benzene rings is 2. The summed E-state index contributed by atoms with van der Waals surface area (Å²) in [5.41, 5.74) is 3.60. The van der Waals surface area contributed by atoms with Crippen LogP contribution in [0.2, 0.25) is 5.02 Å². The number of aryl methyl sites for hydroxylation is 1. The number of hydrogen-bond acceptors (Lipinski definition) is 1. The molecule has 0 spiro atoms. The summed E-state index contributed by atoms with van der Waals surface area (Å²) in [5, 5.41) is 4.20. The zero-order valence-corrected chi connectivity index (χ0v) is 12.7. The van der Waals surface area contributed by atoms with E-state index in [1.54, 1.807) is 0 Å². The summed E-state index contributed by atoms with van der Waals surface area (Å²) in [6.07, 6.45) is 0. The fourth-order valence-corrected chi connectivity index (χ4v) is 2.55. The number of hydrogen-bond donors (Lipinski definition) is 1. The third-order valence-electron chi connectivity index (χ3n) is 2.98. The highest BCUT2D eigenvalue weighted by Crippen LogP contribution is 2.32. The van der Waals surface area contributed by atoms with E-state index in [-0.39, 0.29) is 6.04 Å². The van der Waals surface area contributed by atoms with Crippen LogP contribution in [0, 0.1) is 6.92 Å². The highest BCUT2D eigenvalue weighted by molar-refractivity contribution is 9.10. The van der Waals surface area contributed by atoms with Crippen molar-refractivity contribution in [2.45, 2.75) is 19.9 Å². The van der Waals surface area contributed by atoms with Crippen LogP contribution in [0.15, 0.2) is 46.9 Å². The van der Waals surface area contributed by atoms with Crippen molar-refractivity contribution in [1.82, 2.24) is 0 Å². The molecule has 1 unspecified atom stereocenters. The average Bonchev–Trinajstić information content (AvgIpc) is 2.35. The summed E-state index contributed by atoms with van der Waals surface area (Å²) in [7, 11) is 0. The van der Waals surface area contributed by atoms with Crippen LogP contribution in [0.3, 0.4) is 0 Å². The van der Waals surface area contributed by atoms with Gasteiger partial charge in [-0.05, 0) is 53.0 Å². The first kappa shape index (κ1) is 13.4. The van der Waals surface area contributed by atoms with Gasteiger partial charge in [-0.15, -0.1) is 0 Å². The van der Waals surface area contributed by atoms with Gasteiger partial charge in [0.15, 0.2) is 0 Å². The Kier molecular flexibility index (Phi) is 4.31. The Morgan fingerprint density at radius 3 is 2.56 bits per heavy atom. The molecule has 2 rings (SSSR count). The highest BCUT2D eigenvalue weighted by atomic mass is 79.9. The molecule has 1 atom stereocenters. The SMILES string of the molecule is Cc1ccccc1C(C)Nc1cccc(Cl)c1Br. The Labute approximate surface area is 121 Å². The molecule has 2 aromatic carbocycles. The van der Waals surface area contributed by atoms with Crippen molar-refractivity contribution < 1.29 is 0 Å². The molecule has 0 bridgehead atoms. The zero-order valence-electron chi connectivity index (χ0n) is 10.4. The van der Waals surface area contributed by atoms with Crippen LogP contribution in [-0.2, 0) is 0 Å². The van der Waals surface area contributed by atoms with Gasteiger partial charge in [0, 0.05) is 6.04 Å². The predicted octanol–water partition coefficient (Wildman–Crippen LogP) is 5.58. The minimum absolute atomic E-state index is 0.237. The topological polar surface area (TPSA) is 12.0 Å². The van der Waals surface area contributed by atoms with Crippen LogP contribution < -0.4 is 5.32 Å². The molecular weight excluding hydrogens is 310 g/mol. The Balaban J connectivity index is 2.24. The van der Waals surface area contributed by atoms with E-state index in [0.717, 1.165) is 15.2 Å². The lowest BCUT2D eigenvalue weighted by atomic mass is 10.0. The maximum Gasteiger partial charge on any atom is 0.0593 e. The van der Waals surface area contributed by atoms with Gasteiger partial charge >= 0.3 is 0 Å². The van der Waals surface area contributed by atoms with E-state index in [4.69, 9.17) is 11.6 Å². The van der Waals surface area contributed by atoms with Crippen molar-refractivity contribution in [2.75, 3.05) is 5.32 Å². The minimum atomic E-state index is 0.237. The van der Waals surface area contributed by atoms with Crippen LogP contribution in [0.5, 0.6) is 0 Å². The first-order valence-corrected chi connectivity index (χ1v) is 7.02. The molecule has 0 aliphatic heterocycles. The van der Waals surface area contributed by atoms with E-state index >= 15 is 0 Å². The quantitative estimate of drug-likeness (QED) is 0.776. The molecule has 94 valence electrons. The lowest BCUT2D eigenvalue weighted by Crippen LogP contribution is -2.08. The van der Waals surface area contributed by atoms with Gasteiger partial charge in [0.05, 0.1) is 15.2 Å². The first-order valence-electron chi connectivity index (χ1n) is 5.85. The smallest absolute Gasteiger partial charge is 0.0593 e. The van der Waals surface area contributed by atoms with Gasteiger partial charge < -0.3 is 5.32 Å². The van der Waals surface area contributed by atoms with Crippen molar-refractivity contribution in [3.8, 4) is 0 Å². The molecule has 1 nitrogen and oxygen atoms in total. The van der Waals surface area contributed by atoms with Crippen LogP contribution in [0.4, 0.5) is 5.69 Å². The number of anilines is 1. The van der Waals surface area contributed by atoms with Gasteiger partial charge in [0.1, 0.15) is 0 Å². The molecule has 0 aliphatic rings. The van der Waals surface area contributed by atoms with Gasteiger partial charge in [-0.2, -0.15) is 0 Å². The van der Waals surface area contributed by atoms with Gasteiger partial charge in [-0.25, -0.2) is 0 Å². The second-order valence-electron chi connectivity index (χ2n) is 4.32. The van der Waals surface area contributed by atoms with Crippen molar-refractivity contribution in [1.29, 1.82) is 0 Å². The second kappa shape index (κ2) is 5.77. The molecule has 0 amide bonds. The van der Waals surface area contributed by atoms with Gasteiger partial charge in [-0.3, -0.25) is 0 Å². The van der Waals surface area contributed by atoms with Crippen molar-refractivity contribution in [3.63, 3.8) is 0 Å². The average molecular weight is 325 g/mol.